The average molecular weight is 365 g/mol. The molecule has 2 aromatic rings. The SMILES string of the molecule is O=C(c1c[nH]c(=O)c(Cl)c1)N(Cc1ccc(F)cc1)C[C@H]1CCCO1. The summed E-state index contributed by atoms with van der Waals surface area (Å²) in [4.78, 5) is 28.4. The Morgan fingerprint density at radius 3 is 2.76 bits per heavy atom. The minimum absolute atomic E-state index is 0.0253. The smallest absolute Gasteiger partial charge is 0.266 e. The van der Waals surface area contributed by atoms with Crippen molar-refractivity contribution in [2.75, 3.05) is 13.2 Å². The van der Waals surface area contributed by atoms with Gasteiger partial charge in [0, 0.05) is 25.9 Å². The van der Waals surface area contributed by atoms with E-state index in [1.165, 1.54) is 24.4 Å². The number of benzene rings is 1. The molecule has 1 aromatic heterocycles. The molecule has 1 atom stereocenters. The number of aromatic amines is 1. The molecule has 7 heteroatoms. The molecule has 1 fully saturated rings. The monoisotopic (exact) mass is 364 g/mol. The summed E-state index contributed by atoms with van der Waals surface area (Å²) in [6, 6.07) is 7.37. The first kappa shape index (κ1) is 17.6. The Balaban J connectivity index is 1.83. The number of rotatable bonds is 5. The van der Waals surface area contributed by atoms with Crippen LogP contribution >= 0.6 is 11.6 Å². The predicted octanol–water partition coefficient (Wildman–Crippen LogP) is 2.99. The van der Waals surface area contributed by atoms with Crippen molar-refractivity contribution in [1.29, 1.82) is 0 Å². The molecular weight excluding hydrogens is 347 g/mol. The number of pyridine rings is 1. The first-order valence-corrected chi connectivity index (χ1v) is 8.44. The molecule has 1 aromatic carbocycles. The number of hydrogen-bond acceptors (Lipinski definition) is 3. The maximum atomic E-state index is 13.1. The van der Waals surface area contributed by atoms with Crippen LogP contribution in [0.3, 0.4) is 0 Å². The van der Waals surface area contributed by atoms with E-state index >= 15 is 0 Å². The van der Waals surface area contributed by atoms with Crippen LogP contribution in [0, 0.1) is 5.82 Å². The summed E-state index contributed by atoms with van der Waals surface area (Å²) >= 11 is 5.83. The van der Waals surface area contributed by atoms with E-state index in [1.807, 2.05) is 0 Å². The topological polar surface area (TPSA) is 62.4 Å². The Bertz CT molecular complexity index is 801. The zero-order chi connectivity index (χ0) is 17.8. The van der Waals surface area contributed by atoms with E-state index in [-0.39, 0.29) is 22.9 Å². The highest BCUT2D eigenvalue weighted by Crippen LogP contribution is 2.18. The molecule has 0 unspecified atom stereocenters. The first-order chi connectivity index (χ1) is 12.0. The third-order valence-corrected chi connectivity index (χ3v) is 4.41. The van der Waals surface area contributed by atoms with E-state index in [9.17, 15) is 14.0 Å². The van der Waals surface area contributed by atoms with Crippen LogP contribution in [0.1, 0.15) is 28.8 Å². The van der Waals surface area contributed by atoms with Gasteiger partial charge in [0.05, 0.1) is 11.7 Å². The molecule has 0 saturated carbocycles. The molecule has 1 N–H and O–H groups in total. The molecule has 5 nitrogen and oxygen atoms in total. The molecule has 0 radical (unpaired) electrons. The highest BCUT2D eigenvalue weighted by atomic mass is 35.5. The van der Waals surface area contributed by atoms with Gasteiger partial charge < -0.3 is 14.6 Å². The van der Waals surface area contributed by atoms with Crippen molar-refractivity contribution in [2.24, 2.45) is 0 Å². The van der Waals surface area contributed by atoms with Gasteiger partial charge in [-0.05, 0) is 36.6 Å². The molecular formula is C18H18ClFN2O3. The highest BCUT2D eigenvalue weighted by Gasteiger charge is 2.24. The Hall–Kier alpha value is -2.18. The Kier molecular flexibility index (Phi) is 5.50. The van der Waals surface area contributed by atoms with Crippen LogP contribution in [0.5, 0.6) is 0 Å². The van der Waals surface area contributed by atoms with E-state index in [1.54, 1.807) is 17.0 Å². The summed E-state index contributed by atoms with van der Waals surface area (Å²) in [5.41, 5.74) is 0.662. The van der Waals surface area contributed by atoms with Crippen LogP contribution in [0.2, 0.25) is 5.02 Å². The normalized spacial score (nSPS) is 16.8. The van der Waals surface area contributed by atoms with Gasteiger partial charge in [0.25, 0.3) is 11.5 Å². The van der Waals surface area contributed by atoms with Gasteiger partial charge in [-0.3, -0.25) is 9.59 Å². The van der Waals surface area contributed by atoms with Gasteiger partial charge in [0.15, 0.2) is 0 Å². The quantitative estimate of drug-likeness (QED) is 0.887. The van der Waals surface area contributed by atoms with Crippen LogP contribution < -0.4 is 5.56 Å². The maximum Gasteiger partial charge on any atom is 0.266 e. The number of nitrogens with zero attached hydrogens (tertiary/aromatic N) is 1. The molecule has 1 amide bonds. The second-order valence-corrected chi connectivity index (χ2v) is 6.42. The summed E-state index contributed by atoms with van der Waals surface area (Å²) in [5, 5.41) is -0.0373. The molecule has 132 valence electrons. The van der Waals surface area contributed by atoms with Crippen LogP contribution in [0.4, 0.5) is 4.39 Å². The number of carbonyl (C=O) groups excluding carboxylic acids is 1. The van der Waals surface area contributed by atoms with Crippen molar-refractivity contribution in [1.82, 2.24) is 9.88 Å². The number of H-pyrrole nitrogens is 1. The number of nitrogens with one attached hydrogen (secondary N) is 1. The van der Waals surface area contributed by atoms with Gasteiger partial charge in [-0.25, -0.2) is 4.39 Å². The van der Waals surface area contributed by atoms with Gasteiger partial charge >= 0.3 is 0 Å². The van der Waals surface area contributed by atoms with Crippen LogP contribution in [-0.2, 0) is 11.3 Å². The van der Waals surface area contributed by atoms with Crippen LogP contribution in [0.15, 0.2) is 41.3 Å². The minimum atomic E-state index is -0.442. The van der Waals surface area contributed by atoms with Crippen molar-refractivity contribution in [3.05, 3.63) is 68.8 Å². The first-order valence-electron chi connectivity index (χ1n) is 8.06. The number of ether oxygens (including phenoxy) is 1. The maximum absolute atomic E-state index is 13.1. The number of aromatic nitrogens is 1. The Morgan fingerprint density at radius 1 is 1.36 bits per heavy atom. The highest BCUT2D eigenvalue weighted by molar-refractivity contribution is 6.30. The fourth-order valence-electron chi connectivity index (χ4n) is 2.83. The summed E-state index contributed by atoms with van der Waals surface area (Å²) < 4.78 is 18.7. The average Bonchev–Trinajstić information content (AvgIpc) is 3.11. The van der Waals surface area contributed by atoms with Crippen LogP contribution in [-0.4, -0.2) is 35.0 Å². The van der Waals surface area contributed by atoms with Crippen molar-refractivity contribution < 1.29 is 13.9 Å². The lowest BCUT2D eigenvalue weighted by Gasteiger charge is -2.25. The van der Waals surface area contributed by atoms with Gasteiger partial charge in [-0.2, -0.15) is 0 Å². The molecule has 0 aliphatic carbocycles. The van der Waals surface area contributed by atoms with Crippen molar-refractivity contribution >= 4 is 17.5 Å². The lowest BCUT2D eigenvalue weighted by Crippen LogP contribution is -2.37. The number of amides is 1. The molecule has 1 saturated heterocycles. The Labute approximate surface area is 149 Å². The van der Waals surface area contributed by atoms with Gasteiger partial charge in [-0.15, -0.1) is 0 Å². The van der Waals surface area contributed by atoms with Crippen LogP contribution in [0.25, 0.3) is 0 Å². The second-order valence-electron chi connectivity index (χ2n) is 6.01. The summed E-state index contributed by atoms with van der Waals surface area (Å²) in [6.45, 7) is 1.43. The molecule has 3 rings (SSSR count). The summed E-state index contributed by atoms with van der Waals surface area (Å²) in [7, 11) is 0. The molecule has 25 heavy (non-hydrogen) atoms. The van der Waals surface area contributed by atoms with E-state index in [2.05, 4.69) is 4.98 Å². The van der Waals surface area contributed by atoms with Gasteiger partial charge in [0.1, 0.15) is 10.8 Å². The van der Waals surface area contributed by atoms with Gasteiger partial charge in [-0.1, -0.05) is 23.7 Å². The van der Waals surface area contributed by atoms with Crippen molar-refractivity contribution in [2.45, 2.75) is 25.5 Å². The standard InChI is InChI=1S/C18H18ClFN2O3/c19-16-8-13(9-21-17(16)23)18(24)22(11-15-2-1-7-25-15)10-12-3-5-14(20)6-4-12/h3-6,8-9,15H,1-2,7,10-11H2,(H,21,23)/t15-/m1/s1. The molecule has 0 spiro atoms. The fourth-order valence-corrected chi connectivity index (χ4v) is 3.00. The second kappa shape index (κ2) is 7.80. The lowest BCUT2D eigenvalue weighted by molar-refractivity contribution is 0.0507. The van der Waals surface area contributed by atoms with E-state index < -0.39 is 5.56 Å². The fraction of sp³-hybridized carbons (Fsp3) is 0.333. The third-order valence-electron chi connectivity index (χ3n) is 4.13. The molecule has 2 heterocycles. The lowest BCUT2D eigenvalue weighted by atomic mass is 10.1. The zero-order valence-corrected chi connectivity index (χ0v) is 14.3. The Morgan fingerprint density at radius 2 is 2.12 bits per heavy atom. The largest absolute Gasteiger partial charge is 0.376 e. The summed E-state index contributed by atoms with van der Waals surface area (Å²) in [6.07, 6.45) is 3.18. The van der Waals surface area contributed by atoms with Gasteiger partial charge in [0.2, 0.25) is 0 Å². The van der Waals surface area contributed by atoms with E-state index in [0.29, 0.717) is 25.3 Å². The third kappa shape index (κ3) is 4.46. The number of hydrogen-bond donors (Lipinski definition) is 1. The number of halogens is 2. The predicted molar refractivity (Wildman–Crippen MR) is 92.2 cm³/mol. The molecule has 0 bridgehead atoms. The molecule has 1 aliphatic heterocycles. The number of carbonyl (C=O) groups is 1. The van der Waals surface area contributed by atoms with Crippen molar-refractivity contribution in [3.63, 3.8) is 0 Å². The zero-order valence-electron chi connectivity index (χ0n) is 13.5. The molecule has 1 aliphatic rings. The minimum Gasteiger partial charge on any atom is -0.376 e. The van der Waals surface area contributed by atoms with Crippen molar-refractivity contribution in [3.8, 4) is 0 Å². The summed E-state index contributed by atoms with van der Waals surface area (Å²) in [5.74, 6) is -0.592. The van der Waals surface area contributed by atoms with E-state index in [4.69, 9.17) is 16.3 Å². The van der Waals surface area contributed by atoms with E-state index in [0.717, 1.165) is 18.4 Å².